The summed E-state index contributed by atoms with van der Waals surface area (Å²) in [5.41, 5.74) is 4.00. The molecular weight excluding hydrogens is 318 g/mol. The Hall–Kier alpha value is -1.19. The van der Waals surface area contributed by atoms with E-state index < -0.39 is 50.8 Å². The number of alkyl halides is 3. The molecule has 1 aromatic carbocycles. The third kappa shape index (κ3) is 3.10. The average molecular weight is 327 g/mol. The van der Waals surface area contributed by atoms with E-state index in [9.17, 15) is 32.6 Å². The van der Waals surface area contributed by atoms with E-state index in [1.165, 1.54) is 0 Å². The van der Waals surface area contributed by atoms with Crippen LogP contribution in [-0.2, 0) is 0 Å². The first kappa shape index (κ1) is 15.2. The largest absolute Gasteiger partial charge is 0.399 e. The number of hydrogen-bond donors (Lipinski definition) is 1. The molecule has 1 nitrogen and oxygen atoms in total. The van der Waals surface area contributed by atoms with Gasteiger partial charge in [-0.2, -0.15) is 13.2 Å². The summed E-state index contributed by atoms with van der Waals surface area (Å²) in [5.74, 6) is -3.06. The number of hydrogen-bond acceptors (Lipinski definition) is 1. The van der Waals surface area contributed by atoms with Crippen molar-refractivity contribution < 1.29 is 32.6 Å². The average Bonchev–Trinajstić information content (AvgIpc) is 2.90. The molecule has 1 saturated carbocycles. The van der Waals surface area contributed by atoms with Gasteiger partial charge in [0.1, 0.15) is 4.90 Å². The van der Waals surface area contributed by atoms with Crippen molar-refractivity contribution in [3.63, 3.8) is 0 Å². The van der Waals surface area contributed by atoms with E-state index in [1.807, 2.05) is 0 Å². The van der Waals surface area contributed by atoms with Gasteiger partial charge in [0.05, 0.1) is 5.92 Å². The fourth-order valence-corrected chi connectivity index (χ4v) is 2.73. The normalized spacial score (nSPS) is 26.8. The van der Waals surface area contributed by atoms with Crippen molar-refractivity contribution in [2.45, 2.75) is 23.4 Å². The molecule has 0 spiro atoms. The molecule has 116 valence electrons. The molecule has 1 fully saturated rings. The minimum atomic E-state index is -9.95. The van der Waals surface area contributed by atoms with Gasteiger partial charge in [0, 0.05) is 5.69 Å². The number of nitrogen functional groups attached to an aromatic ring is 1. The molecule has 20 heavy (non-hydrogen) atoms. The Kier molecular flexibility index (Phi) is 2.54. The first-order chi connectivity index (χ1) is 8.58. The lowest BCUT2D eigenvalue weighted by atomic mass is 10.1. The smallest absolute Gasteiger partial charge is 0.392 e. The number of nitrogens with two attached hydrogens (primary N) is 1. The zero-order valence-electron chi connectivity index (χ0n) is 9.60. The summed E-state index contributed by atoms with van der Waals surface area (Å²) in [6.45, 7) is 0. The minimum absolute atomic E-state index is 0.0377. The van der Waals surface area contributed by atoms with Crippen molar-refractivity contribution in [2.75, 3.05) is 5.73 Å². The minimum Gasteiger partial charge on any atom is -0.399 e. The summed E-state index contributed by atoms with van der Waals surface area (Å²) in [7, 11) is -9.95. The van der Waals surface area contributed by atoms with Crippen molar-refractivity contribution in [3.05, 3.63) is 23.8 Å². The Bertz CT molecular complexity index is 561. The van der Waals surface area contributed by atoms with Crippen LogP contribution in [-0.4, -0.2) is 6.18 Å². The fraction of sp³-hybridized carbons (Fsp3) is 0.400. The lowest BCUT2D eigenvalue weighted by Gasteiger charge is -2.40. The molecule has 0 bridgehead atoms. The fourth-order valence-electron chi connectivity index (χ4n) is 2.01. The zero-order chi connectivity index (χ0) is 15.6. The van der Waals surface area contributed by atoms with Gasteiger partial charge in [-0.3, -0.25) is 0 Å². The lowest BCUT2D eigenvalue weighted by Crippen LogP contribution is -2.12. The molecule has 1 aliphatic rings. The second-order valence-corrected chi connectivity index (χ2v) is 7.20. The molecular formula is C10H9F8NS. The van der Waals surface area contributed by atoms with E-state index in [2.05, 4.69) is 0 Å². The highest BCUT2D eigenvalue weighted by Gasteiger charge is 2.66. The maximum absolute atomic E-state index is 12.6. The highest BCUT2D eigenvalue weighted by Crippen LogP contribution is 3.02. The van der Waals surface area contributed by atoms with Gasteiger partial charge < -0.3 is 5.73 Å². The predicted octanol–water partition coefficient (Wildman–Crippen LogP) is 5.59. The van der Waals surface area contributed by atoms with Crippen LogP contribution in [0.1, 0.15) is 17.9 Å². The number of benzene rings is 1. The molecule has 0 heterocycles. The summed E-state index contributed by atoms with van der Waals surface area (Å²) in [6, 6.07) is 0.966. The summed E-state index contributed by atoms with van der Waals surface area (Å²) in [6.07, 6.45) is -4.99. The molecule has 0 amide bonds. The Morgan fingerprint density at radius 1 is 1.00 bits per heavy atom. The van der Waals surface area contributed by atoms with Gasteiger partial charge >= 0.3 is 16.4 Å². The van der Waals surface area contributed by atoms with Crippen LogP contribution in [0.3, 0.4) is 0 Å². The van der Waals surface area contributed by atoms with Gasteiger partial charge in [0.15, 0.2) is 0 Å². The van der Waals surface area contributed by atoms with Crippen LogP contribution in [0.2, 0.25) is 0 Å². The highest BCUT2D eigenvalue weighted by molar-refractivity contribution is 8.45. The van der Waals surface area contributed by atoms with Gasteiger partial charge in [-0.1, -0.05) is 19.4 Å². The van der Waals surface area contributed by atoms with Crippen LogP contribution in [0.25, 0.3) is 0 Å². The number of anilines is 1. The molecule has 1 aromatic rings. The van der Waals surface area contributed by atoms with Crippen molar-refractivity contribution in [1.29, 1.82) is 0 Å². The molecule has 0 saturated heterocycles. The molecule has 1 aliphatic carbocycles. The van der Waals surface area contributed by atoms with Crippen LogP contribution < -0.4 is 5.73 Å². The van der Waals surface area contributed by atoms with Crippen molar-refractivity contribution in [1.82, 2.24) is 0 Å². The second-order valence-electron chi connectivity index (χ2n) is 4.79. The Balaban J connectivity index is 2.44. The number of rotatable bonds is 2. The van der Waals surface area contributed by atoms with Crippen LogP contribution in [0.15, 0.2) is 23.1 Å². The quantitative estimate of drug-likeness (QED) is 0.556. The molecule has 0 radical (unpaired) electrons. The van der Waals surface area contributed by atoms with E-state index in [0.29, 0.717) is 0 Å². The zero-order valence-corrected chi connectivity index (χ0v) is 10.4. The van der Waals surface area contributed by atoms with E-state index >= 15 is 0 Å². The van der Waals surface area contributed by atoms with Gasteiger partial charge in [-0.25, -0.2) is 0 Å². The van der Waals surface area contributed by atoms with Gasteiger partial charge in [-0.15, -0.1) is 0 Å². The van der Waals surface area contributed by atoms with Gasteiger partial charge in [-0.05, 0) is 36.1 Å². The maximum atomic E-state index is 12.6. The van der Waals surface area contributed by atoms with E-state index in [0.717, 1.165) is 6.07 Å². The van der Waals surface area contributed by atoms with Crippen molar-refractivity contribution >= 4 is 15.9 Å². The summed E-state index contributed by atoms with van der Waals surface area (Å²) >= 11 is 0. The van der Waals surface area contributed by atoms with Crippen molar-refractivity contribution in [3.8, 4) is 0 Å². The maximum Gasteiger partial charge on any atom is 0.392 e. The Labute approximate surface area is 108 Å². The van der Waals surface area contributed by atoms with Crippen LogP contribution in [0, 0.1) is 5.92 Å². The molecule has 0 aliphatic heterocycles. The summed E-state index contributed by atoms with van der Waals surface area (Å²) in [4.78, 5) is -2.26. The highest BCUT2D eigenvalue weighted by atomic mass is 32.5. The Morgan fingerprint density at radius 2 is 1.55 bits per heavy atom. The lowest BCUT2D eigenvalue weighted by molar-refractivity contribution is -0.148. The second kappa shape index (κ2) is 3.34. The molecule has 2 rings (SSSR count). The molecule has 10 heteroatoms. The van der Waals surface area contributed by atoms with Crippen LogP contribution >= 0.6 is 10.2 Å². The monoisotopic (exact) mass is 327 g/mol. The Morgan fingerprint density at radius 3 is 1.95 bits per heavy atom. The van der Waals surface area contributed by atoms with Gasteiger partial charge in [0.2, 0.25) is 0 Å². The SMILES string of the molecule is Nc1cc([C@H]2C[C@@H]2C(F)(F)F)cc(S(F)(F)(F)(F)F)c1. The van der Waals surface area contributed by atoms with Gasteiger partial charge in [0.25, 0.3) is 0 Å². The topological polar surface area (TPSA) is 26.0 Å². The third-order valence-electron chi connectivity index (χ3n) is 3.04. The molecule has 0 unspecified atom stereocenters. The molecule has 2 N–H and O–H groups in total. The van der Waals surface area contributed by atoms with Crippen molar-refractivity contribution in [2.24, 2.45) is 5.92 Å². The number of halogens is 8. The van der Waals surface area contributed by atoms with E-state index in [1.54, 1.807) is 0 Å². The first-order valence-electron chi connectivity index (χ1n) is 5.29. The van der Waals surface area contributed by atoms with E-state index in [-0.39, 0.29) is 12.1 Å². The predicted molar refractivity (Wildman–Crippen MR) is 59.2 cm³/mol. The van der Waals surface area contributed by atoms with Crippen LogP contribution in [0.5, 0.6) is 0 Å². The summed E-state index contributed by atoms with van der Waals surface area (Å²) in [5, 5.41) is 0. The first-order valence-corrected chi connectivity index (χ1v) is 7.24. The molecule has 2 atom stereocenters. The molecule has 0 aromatic heterocycles. The van der Waals surface area contributed by atoms with Crippen LogP contribution in [0.4, 0.5) is 38.3 Å². The summed E-state index contributed by atoms with van der Waals surface area (Å²) < 4.78 is 100. The standard InChI is InChI=1S/C10H9F8NS/c11-10(12,13)9-4-8(9)5-1-6(19)3-7(2-5)20(14,15,16,17)18/h1-3,8-9H,4,19H2/t8-,9+/m1/s1. The van der Waals surface area contributed by atoms with E-state index in [4.69, 9.17) is 5.73 Å². The third-order valence-corrected chi connectivity index (χ3v) is 4.16.